The molecule has 34 valence electrons. The van der Waals surface area contributed by atoms with Gasteiger partial charge in [-0.1, -0.05) is 11.6 Å². The largest absolute Gasteiger partial charge is 0.234 e. The lowest BCUT2D eigenvalue weighted by atomic mass is 11.8. The molecule has 0 aromatic heterocycles. The molecule has 0 aromatic carbocycles. The van der Waals surface area contributed by atoms with Gasteiger partial charge in [0.05, 0.1) is 0 Å². The molecule has 0 unspecified atom stereocenters. The lowest BCUT2D eigenvalue weighted by Crippen LogP contribution is -1.29. The lowest BCUT2D eigenvalue weighted by molar-refractivity contribution is 0.599. The Kier molecular flexibility index (Phi) is 44.3. The van der Waals surface area contributed by atoms with E-state index in [0.717, 1.165) is 0 Å². The van der Waals surface area contributed by atoms with Crippen LogP contribution >= 0.6 is 23.2 Å². The highest BCUT2D eigenvalue weighted by molar-refractivity contribution is 6.16. The highest BCUT2D eigenvalue weighted by Crippen LogP contribution is 1.65. The van der Waals surface area contributed by atoms with E-state index >= 15 is 0 Å². The zero-order valence-corrected chi connectivity index (χ0v) is 4.35. The van der Waals surface area contributed by atoms with Crippen molar-refractivity contribution < 1.29 is 4.39 Å². The third kappa shape index (κ3) is 109. The second-order valence-electron chi connectivity index (χ2n) is 0.101. The molecular formula is C2H5Cl2F. The Morgan fingerprint density at radius 2 is 1.60 bits per heavy atom. The summed E-state index contributed by atoms with van der Waals surface area (Å²) in [5, 5.41) is 0. The Balaban J connectivity index is 0. The minimum Gasteiger partial charge on any atom is -0.234 e. The maximum atomic E-state index is 10.1. The van der Waals surface area contributed by atoms with E-state index in [1.165, 1.54) is 6.38 Å². The van der Waals surface area contributed by atoms with Gasteiger partial charge in [0.25, 0.3) is 0 Å². The van der Waals surface area contributed by atoms with Crippen LogP contribution in [0.5, 0.6) is 0 Å². The van der Waals surface area contributed by atoms with Crippen molar-refractivity contribution in [2.24, 2.45) is 0 Å². The average molecular weight is 119 g/mol. The monoisotopic (exact) mass is 118 g/mol. The van der Waals surface area contributed by atoms with Gasteiger partial charge in [0.15, 0.2) is 6.13 Å². The van der Waals surface area contributed by atoms with Crippen LogP contribution in [0.4, 0.5) is 4.39 Å². The molecule has 0 saturated carbocycles. The molecule has 0 aliphatic carbocycles. The summed E-state index contributed by atoms with van der Waals surface area (Å²) in [5.74, 6) is 0. The summed E-state index contributed by atoms with van der Waals surface area (Å²) in [6.07, 6.45) is 0.694. The average Bonchev–Trinajstić information content (AvgIpc) is 1.46. The van der Waals surface area contributed by atoms with Crippen molar-refractivity contribution in [1.82, 2.24) is 0 Å². The summed E-state index contributed by atoms with van der Waals surface area (Å²) in [6, 6.07) is 0. The van der Waals surface area contributed by atoms with Crippen LogP contribution in [0.3, 0.4) is 0 Å². The van der Waals surface area contributed by atoms with Crippen LogP contribution in [0.2, 0.25) is 0 Å². The molecule has 3 heteroatoms. The van der Waals surface area contributed by atoms with E-state index in [9.17, 15) is 4.39 Å². The van der Waals surface area contributed by atoms with Crippen LogP contribution in [0, 0.1) is 0 Å². The molecule has 0 spiro atoms. The number of alkyl halides is 3. The van der Waals surface area contributed by atoms with Gasteiger partial charge in [0.2, 0.25) is 0 Å². The molecular weight excluding hydrogens is 114 g/mol. The first-order chi connectivity index (χ1) is 2.41. The van der Waals surface area contributed by atoms with Gasteiger partial charge < -0.3 is 0 Å². The van der Waals surface area contributed by atoms with E-state index in [-0.39, 0.29) is 0 Å². The third-order valence-corrected chi connectivity index (χ3v) is 0. The molecule has 0 bridgehead atoms. The Morgan fingerprint density at radius 3 is 1.60 bits per heavy atom. The molecule has 0 amide bonds. The second-order valence-corrected chi connectivity index (χ2v) is 0.303. The van der Waals surface area contributed by atoms with E-state index in [0.29, 0.717) is 0 Å². The summed E-state index contributed by atoms with van der Waals surface area (Å²) in [4.78, 5) is 0. The Hall–Kier alpha value is 0.510. The van der Waals surface area contributed by atoms with Gasteiger partial charge in [-0.25, -0.2) is 4.39 Å². The predicted molar refractivity (Wildman–Crippen MR) is 23.6 cm³/mol. The number of hydrogen-bond acceptors (Lipinski definition) is 0. The van der Waals surface area contributed by atoms with Crippen molar-refractivity contribution in [3.8, 4) is 0 Å². The van der Waals surface area contributed by atoms with Crippen LogP contribution in [-0.2, 0) is 0 Å². The van der Waals surface area contributed by atoms with Crippen LogP contribution < -0.4 is 0 Å². The van der Waals surface area contributed by atoms with Crippen molar-refractivity contribution in [3.05, 3.63) is 0 Å². The molecule has 0 rings (SSSR count). The molecule has 0 aromatic rings. The molecule has 0 fully saturated rings. The van der Waals surface area contributed by atoms with Gasteiger partial charge in [-0.05, 0) is 0 Å². The summed E-state index contributed by atoms with van der Waals surface area (Å²) >= 11 is 8.97. The molecule has 0 nitrogen and oxygen atoms in total. The van der Waals surface area contributed by atoms with E-state index in [1.807, 2.05) is 0 Å². The van der Waals surface area contributed by atoms with Gasteiger partial charge in [-0.15, -0.1) is 11.6 Å². The van der Waals surface area contributed by atoms with Gasteiger partial charge in [-0.2, -0.15) is 0 Å². The smallest absolute Gasteiger partial charge is 0.163 e. The molecule has 0 heterocycles. The molecule has 0 aliphatic rings. The lowest BCUT2D eigenvalue weighted by Gasteiger charge is -1.42. The fourth-order valence-corrected chi connectivity index (χ4v) is 0. The molecule has 0 saturated heterocycles. The maximum absolute atomic E-state index is 10.1. The van der Waals surface area contributed by atoms with E-state index in [2.05, 4.69) is 23.2 Å². The highest BCUT2D eigenvalue weighted by Gasteiger charge is 1.43. The summed E-state index contributed by atoms with van der Waals surface area (Å²) < 4.78 is 10.1. The number of rotatable bonds is 0. The number of hydrogen-bond donors (Lipinski definition) is 0. The first-order valence-corrected chi connectivity index (χ1v) is 2.20. The Morgan fingerprint density at radius 1 is 1.60 bits per heavy atom. The van der Waals surface area contributed by atoms with Gasteiger partial charge >= 0.3 is 0 Å². The summed E-state index contributed by atoms with van der Waals surface area (Å²) in [5.41, 5.74) is 0. The summed E-state index contributed by atoms with van der Waals surface area (Å²) in [6.45, 7) is 0. The van der Waals surface area contributed by atoms with Crippen molar-refractivity contribution in [2.45, 2.75) is 0 Å². The van der Waals surface area contributed by atoms with Crippen molar-refractivity contribution in [1.29, 1.82) is 0 Å². The van der Waals surface area contributed by atoms with Gasteiger partial charge in [-0.3, -0.25) is 0 Å². The topological polar surface area (TPSA) is 0 Å². The highest BCUT2D eigenvalue weighted by atomic mass is 35.5. The van der Waals surface area contributed by atoms with Gasteiger partial charge in [0, 0.05) is 6.38 Å². The zero-order valence-electron chi connectivity index (χ0n) is 2.84. The van der Waals surface area contributed by atoms with Crippen LogP contribution in [-0.4, -0.2) is 12.5 Å². The predicted octanol–water partition coefficient (Wildman–Crippen LogP) is 2.01. The van der Waals surface area contributed by atoms with E-state index in [1.54, 1.807) is 0 Å². The Labute approximate surface area is 40.9 Å². The van der Waals surface area contributed by atoms with E-state index < -0.39 is 6.13 Å². The van der Waals surface area contributed by atoms with Crippen molar-refractivity contribution >= 4 is 23.2 Å². The Bertz CT molecular complexity index is 7.61. The van der Waals surface area contributed by atoms with E-state index in [4.69, 9.17) is 0 Å². The molecule has 5 heavy (non-hydrogen) atoms. The minimum atomic E-state index is -0.778. The second kappa shape index (κ2) is 24.4. The fraction of sp³-hybridized carbons (Fsp3) is 1.00. The number of halogens is 3. The molecule has 0 aliphatic heterocycles. The summed E-state index contributed by atoms with van der Waals surface area (Å²) in [7, 11) is 0. The molecule has 0 atom stereocenters. The van der Waals surface area contributed by atoms with Gasteiger partial charge in [0.1, 0.15) is 0 Å². The zero-order chi connectivity index (χ0) is 4.71. The third-order valence-electron chi connectivity index (χ3n) is 0. The normalized spacial score (nSPS) is 4.80. The standard InChI is InChI=1S/CH2ClF.CH3Cl/c2-1-3;1-2/h1H2;1H3. The fourth-order valence-electron chi connectivity index (χ4n) is 0. The van der Waals surface area contributed by atoms with Crippen molar-refractivity contribution in [3.63, 3.8) is 0 Å². The van der Waals surface area contributed by atoms with Crippen LogP contribution in [0.25, 0.3) is 0 Å². The van der Waals surface area contributed by atoms with Crippen LogP contribution in [0.1, 0.15) is 0 Å². The first-order valence-electron chi connectivity index (χ1n) is 0.912. The quantitative estimate of drug-likeness (QED) is 0.428. The van der Waals surface area contributed by atoms with Crippen molar-refractivity contribution in [2.75, 3.05) is 12.5 Å². The maximum Gasteiger partial charge on any atom is 0.163 e. The molecule has 0 N–H and O–H groups in total. The molecule has 0 radical (unpaired) electrons. The minimum absolute atomic E-state index is 0.778. The van der Waals surface area contributed by atoms with Crippen LogP contribution in [0.15, 0.2) is 0 Å². The first kappa shape index (κ1) is 9.10. The SMILES string of the molecule is CCl.FCCl.